The summed E-state index contributed by atoms with van der Waals surface area (Å²) in [6.45, 7) is 17.1. The van der Waals surface area contributed by atoms with Crippen LogP contribution >= 0.6 is 7.60 Å². The number of carbonyl (C=O) groups is 1. The summed E-state index contributed by atoms with van der Waals surface area (Å²) in [5, 5.41) is 4.73. The third-order valence-corrected chi connectivity index (χ3v) is 17.4. The predicted octanol–water partition coefficient (Wildman–Crippen LogP) is 6.26. The van der Waals surface area contributed by atoms with Crippen LogP contribution in [0.15, 0.2) is 134 Å². The van der Waals surface area contributed by atoms with Gasteiger partial charge >= 0.3 is 0 Å². The van der Waals surface area contributed by atoms with Crippen molar-refractivity contribution in [2.24, 2.45) is 0 Å². The summed E-state index contributed by atoms with van der Waals surface area (Å²) >= 11 is 0. The average Bonchev–Trinajstić information content (AvgIpc) is 3.88. The van der Waals surface area contributed by atoms with E-state index in [2.05, 4.69) is 86.1 Å². The third-order valence-electron chi connectivity index (χ3n) is 11.0. The molecule has 1 amide bonds. The first-order valence-corrected chi connectivity index (χ1v) is 24.4. The van der Waals surface area contributed by atoms with E-state index in [4.69, 9.17) is 13.7 Å². The summed E-state index contributed by atoms with van der Waals surface area (Å²) in [7, 11) is -7.39. The second-order valence-corrected chi connectivity index (χ2v) is 22.0. The highest BCUT2D eigenvalue weighted by Gasteiger charge is 2.54. The van der Waals surface area contributed by atoms with Crippen molar-refractivity contribution in [1.82, 2.24) is 19.5 Å². The lowest BCUT2D eigenvalue weighted by Crippen LogP contribution is -3.11. The molecule has 4 atom stereocenters. The molecule has 60 heavy (non-hydrogen) atoms. The Hall–Kier alpha value is -5.01. The Morgan fingerprint density at radius 2 is 1.40 bits per heavy atom. The van der Waals surface area contributed by atoms with Crippen LogP contribution in [-0.4, -0.2) is 71.7 Å². The Morgan fingerprint density at radius 1 is 0.850 bits per heavy atom. The molecule has 12 nitrogen and oxygen atoms in total. The quantitative estimate of drug-likeness (QED) is 0.0904. The number of amides is 1. The Bertz CT molecular complexity index is 2270. The smallest absolute Gasteiger partial charge is 0.261 e. The van der Waals surface area contributed by atoms with Crippen molar-refractivity contribution in [2.75, 3.05) is 31.1 Å². The van der Waals surface area contributed by atoms with Gasteiger partial charge in [-0.25, -0.2) is 15.0 Å². The van der Waals surface area contributed by atoms with Crippen molar-refractivity contribution < 1.29 is 32.8 Å². The second kappa shape index (κ2) is 20.0. The van der Waals surface area contributed by atoms with Gasteiger partial charge in [-0.3, -0.25) is 13.9 Å². The molecular formula is C46H57N6O6PSi. The molecule has 14 heteroatoms. The van der Waals surface area contributed by atoms with Crippen molar-refractivity contribution in [2.45, 2.75) is 77.9 Å². The molecule has 3 heterocycles. The van der Waals surface area contributed by atoms with Crippen LogP contribution in [0, 0.1) is 0 Å². The number of hydrogen-bond donors (Lipinski definition) is 2. The molecule has 7 rings (SSSR count). The van der Waals surface area contributed by atoms with E-state index in [1.807, 2.05) is 42.5 Å². The van der Waals surface area contributed by atoms with Crippen LogP contribution in [0.2, 0.25) is 5.04 Å². The third kappa shape index (κ3) is 10.5. The fourth-order valence-electron chi connectivity index (χ4n) is 7.82. The summed E-state index contributed by atoms with van der Waals surface area (Å²) in [6, 6.07) is 37.9. The van der Waals surface area contributed by atoms with Crippen LogP contribution in [0.5, 0.6) is 5.75 Å². The van der Waals surface area contributed by atoms with Crippen LogP contribution in [0.1, 0.15) is 71.0 Å². The number of quaternary nitrogens is 1. The minimum Gasteiger partial charge on any atom is -0.769 e. The summed E-state index contributed by atoms with van der Waals surface area (Å²) in [5.41, 5.74) is 1.34. The summed E-state index contributed by atoms with van der Waals surface area (Å²) in [4.78, 5) is 41.5. The van der Waals surface area contributed by atoms with Crippen molar-refractivity contribution in [3.63, 3.8) is 0 Å². The maximum atomic E-state index is 13.3. The minimum atomic E-state index is -4.31. The van der Waals surface area contributed by atoms with Gasteiger partial charge < -0.3 is 28.8 Å². The van der Waals surface area contributed by atoms with Gasteiger partial charge in [0.1, 0.15) is 18.3 Å². The standard InChI is InChI=1S/C40H42N5O6PSi.C6H15N/c1-40(2,3)53(31-20-12-6-13-21-31,32-22-14-7-15-23-32)51-34-26-35(49-33(34)24-25-52(47,48)50-30-18-10-5-11-19-30)45-28-43-36-37(41-27-42-38(36)45)44-39(46)29-16-8-4-9-17-29;1-4-7(5-2)6-3/h4-23,27-28,33-35H,24-26H2,1-3H3,(H,47,48)(H,41,42,44,46);4-6H2,1-3H3/t33-,34+,35-;/m1./s1. The SMILES string of the molecule is CC(C)(C)[Si](O[C@H]1C[C@H](n2cnc3c(NC(=O)c4ccccc4)ncnc32)O[C@@H]1CCP(=O)([O-])Oc1ccccc1)(c1ccccc1)c1ccccc1.CC[NH+](CC)CC. The van der Waals surface area contributed by atoms with E-state index in [9.17, 15) is 14.3 Å². The zero-order chi connectivity index (χ0) is 42.8. The molecule has 1 saturated heterocycles. The van der Waals surface area contributed by atoms with E-state index in [0.29, 0.717) is 23.1 Å². The Balaban J connectivity index is 0.000000793. The highest BCUT2D eigenvalue weighted by Crippen LogP contribution is 2.45. The van der Waals surface area contributed by atoms with Gasteiger partial charge in [0, 0.05) is 18.1 Å². The molecule has 1 fully saturated rings. The van der Waals surface area contributed by atoms with Crippen LogP contribution in [0.3, 0.4) is 0 Å². The number of ether oxygens (including phenoxy) is 1. The first kappa shape index (κ1) is 44.5. The number of fused-ring (bicyclic) bond motifs is 1. The predicted molar refractivity (Wildman–Crippen MR) is 237 cm³/mol. The van der Waals surface area contributed by atoms with Crippen molar-refractivity contribution >= 4 is 49.2 Å². The number of benzene rings is 4. The van der Waals surface area contributed by atoms with E-state index in [1.54, 1.807) is 70.4 Å². The van der Waals surface area contributed by atoms with Gasteiger partial charge in [-0.2, -0.15) is 0 Å². The average molecular weight is 849 g/mol. The number of carbonyl (C=O) groups excluding carboxylic acids is 1. The highest BCUT2D eigenvalue weighted by atomic mass is 31.2. The fraction of sp³-hybridized carbons (Fsp3) is 0.348. The lowest BCUT2D eigenvalue weighted by Gasteiger charge is -2.45. The van der Waals surface area contributed by atoms with Crippen LogP contribution < -0.4 is 30.0 Å². The van der Waals surface area contributed by atoms with Gasteiger partial charge in [0.25, 0.3) is 14.2 Å². The van der Waals surface area contributed by atoms with E-state index < -0.39 is 34.3 Å². The van der Waals surface area contributed by atoms with Crippen molar-refractivity contribution in [3.05, 3.63) is 140 Å². The van der Waals surface area contributed by atoms with Crippen LogP contribution in [-0.2, 0) is 13.7 Å². The van der Waals surface area contributed by atoms with Gasteiger partial charge in [-0.1, -0.05) is 118 Å². The first-order chi connectivity index (χ1) is 28.9. The summed E-state index contributed by atoms with van der Waals surface area (Å²) < 4.78 is 34.9. The molecule has 1 aliphatic rings. The summed E-state index contributed by atoms with van der Waals surface area (Å²) in [6.07, 6.45) is 1.50. The topological polar surface area (TPSA) is 145 Å². The molecule has 0 radical (unpaired) electrons. The number of hydrogen-bond acceptors (Lipinski definition) is 9. The normalized spacial score (nSPS) is 17.8. The van der Waals surface area contributed by atoms with Gasteiger partial charge in [0.15, 0.2) is 24.6 Å². The van der Waals surface area contributed by atoms with Crippen molar-refractivity contribution in [1.29, 1.82) is 0 Å². The number of nitrogens with one attached hydrogen (secondary N) is 2. The molecular weight excluding hydrogens is 792 g/mol. The maximum Gasteiger partial charge on any atom is 0.261 e. The molecule has 316 valence electrons. The molecule has 4 aromatic carbocycles. The zero-order valence-corrected chi connectivity index (χ0v) is 37.3. The van der Waals surface area contributed by atoms with E-state index in [-0.39, 0.29) is 35.1 Å². The Kier molecular flexibility index (Phi) is 14.9. The largest absolute Gasteiger partial charge is 0.769 e. The van der Waals surface area contributed by atoms with Gasteiger partial charge in [-0.05, 0) is 66.9 Å². The number of nitrogens with zero attached hydrogens (tertiary/aromatic N) is 4. The molecule has 0 bridgehead atoms. The second-order valence-electron chi connectivity index (χ2n) is 15.9. The van der Waals surface area contributed by atoms with Crippen LogP contribution in [0.25, 0.3) is 11.2 Å². The van der Waals surface area contributed by atoms with Gasteiger partial charge in [-0.15, -0.1) is 0 Å². The lowest BCUT2D eigenvalue weighted by molar-refractivity contribution is -0.894. The molecule has 2 N–H and O–H groups in total. The molecule has 0 aliphatic carbocycles. The number of rotatable bonds is 15. The first-order valence-electron chi connectivity index (χ1n) is 20.8. The monoisotopic (exact) mass is 848 g/mol. The maximum absolute atomic E-state index is 13.3. The molecule has 0 spiro atoms. The molecule has 2 aromatic heterocycles. The molecule has 6 aromatic rings. The molecule has 0 saturated carbocycles. The van der Waals surface area contributed by atoms with Gasteiger partial charge in [0.2, 0.25) is 0 Å². The minimum absolute atomic E-state index is 0.132. The molecule has 1 aliphatic heterocycles. The lowest BCUT2D eigenvalue weighted by atomic mass is 10.1. The molecule has 1 unspecified atom stereocenters. The zero-order valence-electron chi connectivity index (χ0n) is 35.4. The number of para-hydroxylation sites is 1. The number of anilines is 1. The van der Waals surface area contributed by atoms with Crippen molar-refractivity contribution in [3.8, 4) is 5.75 Å². The Labute approximate surface area is 354 Å². The van der Waals surface area contributed by atoms with Gasteiger partial charge in [0.05, 0.1) is 38.2 Å². The Morgan fingerprint density at radius 3 is 1.93 bits per heavy atom. The van der Waals surface area contributed by atoms with Crippen LogP contribution in [0.4, 0.5) is 5.82 Å². The highest BCUT2D eigenvalue weighted by molar-refractivity contribution is 7.51. The fourth-order valence-corrected chi connectivity index (χ4v) is 13.6. The van der Waals surface area contributed by atoms with E-state index in [0.717, 1.165) is 10.4 Å². The van der Waals surface area contributed by atoms with E-state index in [1.165, 1.54) is 26.0 Å². The number of aromatic nitrogens is 4. The number of imidazole rings is 1. The van der Waals surface area contributed by atoms with E-state index >= 15 is 0 Å². The summed E-state index contributed by atoms with van der Waals surface area (Å²) in [5.74, 6) is 0.203.